The maximum absolute atomic E-state index is 5.94. The summed E-state index contributed by atoms with van der Waals surface area (Å²) in [5.74, 6) is 2.39. The van der Waals surface area contributed by atoms with Crippen molar-refractivity contribution in [2.75, 3.05) is 13.0 Å². The monoisotopic (exact) mass is 320 g/mol. The van der Waals surface area contributed by atoms with Gasteiger partial charge in [-0.3, -0.25) is 0 Å². The van der Waals surface area contributed by atoms with E-state index >= 15 is 0 Å². The van der Waals surface area contributed by atoms with E-state index in [1.807, 2.05) is 12.1 Å². The topological polar surface area (TPSA) is 27.1 Å². The molecule has 5 heteroatoms. The van der Waals surface area contributed by atoms with Crippen molar-refractivity contribution in [2.45, 2.75) is 19.9 Å². The lowest BCUT2D eigenvalue weighted by Gasteiger charge is -2.08. The molecule has 0 atom stereocenters. The SMILES string of the molecule is COc1cccc2c1nc(CCCl)n2Cc1sccc1C. The lowest BCUT2D eigenvalue weighted by molar-refractivity contribution is 0.419. The Labute approximate surface area is 133 Å². The molecule has 2 heterocycles. The van der Waals surface area contributed by atoms with E-state index in [1.165, 1.54) is 10.4 Å². The van der Waals surface area contributed by atoms with Crippen LogP contribution in [0.15, 0.2) is 29.6 Å². The van der Waals surface area contributed by atoms with E-state index in [2.05, 4.69) is 29.0 Å². The van der Waals surface area contributed by atoms with Gasteiger partial charge >= 0.3 is 0 Å². The standard InChI is InChI=1S/C16H17ClN2OS/c1-11-7-9-21-14(11)10-19-12-4-3-5-13(20-2)16(12)18-15(19)6-8-17/h3-5,7,9H,6,8,10H2,1-2H3. The molecule has 3 aromatic rings. The third kappa shape index (κ3) is 2.65. The molecule has 0 saturated carbocycles. The van der Waals surface area contributed by atoms with Crippen molar-refractivity contribution >= 4 is 34.0 Å². The molecule has 0 N–H and O–H groups in total. The second kappa shape index (κ2) is 6.08. The zero-order valence-electron chi connectivity index (χ0n) is 12.1. The van der Waals surface area contributed by atoms with Crippen LogP contribution in [0.1, 0.15) is 16.3 Å². The number of imidazole rings is 1. The lowest BCUT2D eigenvalue weighted by Crippen LogP contribution is -2.05. The Hall–Kier alpha value is -1.52. The smallest absolute Gasteiger partial charge is 0.146 e. The minimum atomic E-state index is 0.565. The highest BCUT2D eigenvalue weighted by atomic mass is 35.5. The molecule has 0 bridgehead atoms. The molecule has 0 unspecified atom stereocenters. The molecule has 0 amide bonds. The summed E-state index contributed by atoms with van der Waals surface area (Å²) < 4.78 is 7.68. The van der Waals surface area contributed by atoms with Gasteiger partial charge in [-0.05, 0) is 36.1 Å². The number of hydrogen-bond acceptors (Lipinski definition) is 3. The van der Waals surface area contributed by atoms with Crippen LogP contribution in [0.2, 0.25) is 0 Å². The third-order valence-electron chi connectivity index (χ3n) is 3.63. The molecule has 0 aliphatic rings. The van der Waals surface area contributed by atoms with Crippen LogP contribution in [0, 0.1) is 6.92 Å². The molecule has 0 radical (unpaired) electrons. The Kier molecular flexibility index (Phi) is 4.17. The van der Waals surface area contributed by atoms with E-state index < -0.39 is 0 Å². The molecular formula is C16H17ClN2OS. The van der Waals surface area contributed by atoms with Crippen molar-refractivity contribution in [3.8, 4) is 5.75 Å². The van der Waals surface area contributed by atoms with Gasteiger partial charge in [0, 0.05) is 17.2 Å². The van der Waals surface area contributed by atoms with Crippen molar-refractivity contribution in [1.82, 2.24) is 9.55 Å². The maximum Gasteiger partial charge on any atom is 0.146 e. The second-order valence-corrected chi connectivity index (χ2v) is 6.29. The average Bonchev–Trinajstić information content (AvgIpc) is 3.05. The maximum atomic E-state index is 5.94. The summed E-state index contributed by atoms with van der Waals surface area (Å²) >= 11 is 7.72. The largest absolute Gasteiger partial charge is 0.494 e. The average molecular weight is 321 g/mol. The summed E-state index contributed by atoms with van der Waals surface area (Å²) in [4.78, 5) is 6.10. The molecule has 0 aliphatic heterocycles. The molecule has 0 aliphatic carbocycles. The number of ether oxygens (including phenoxy) is 1. The van der Waals surface area contributed by atoms with Gasteiger partial charge in [-0.2, -0.15) is 0 Å². The predicted octanol–water partition coefficient (Wildman–Crippen LogP) is 4.24. The van der Waals surface area contributed by atoms with E-state index in [4.69, 9.17) is 21.3 Å². The number of nitrogens with zero attached hydrogens (tertiary/aromatic N) is 2. The molecule has 2 aromatic heterocycles. The van der Waals surface area contributed by atoms with Crippen molar-refractivity contribution in [2.24, 2.45) is 0 Å². The Morgan fingerprint density at radius 1 is 1.33 bits per heavy atom. The minimum absolute atomic E-state index is 0.565. The van der Waals surface area contributed by atoms with Crippen LogP contribution in [0.5, 0.6) is 5.75 Å². The number of aromatic nitrogens is 2. The lowest BCUT2D eigenvalue weighted by atomic mass is 10.2. The Morgan fingerprint density at radius 2 is 2.19 bits per heavy atom. The van der Waals surface area contributed by atoms with Crippen LogP contribution >= 0.6 is 22.9 Å². The van der Waals surface area contributed by atoms with Crippen molar-refractivity contribution in [3.05, 3.63) is 45.9 Å². The summed E-state index contributed by atoms with van der Waals surface area (Å²) in [6.45, 7) is 2.98. The molecular weight excluding hydrogens is 304 g/mol. The first-order chi connectivity index (χ1) is 10.2. The number of hydrogen-bond donors (Lipinski definition) is 0. The van der Waals surface area contributed by atoms with Gasteiger partial charge < -0.3 is 9.30 Å². The predicted molar refractivity (Wildman–Crippen MR) is 88.9 cm³/mol. The quantitative estimate of drug-likeness (QED) is 0.657. The van der Waals surface area contributed by atoms with E-state index in [-0.39, 0.29) is 0 Å². The van der Waals surface area contributed by atoms with Crippen LogP contribution in [0.4, 0.5) is 0 Å². The summed E-state index contributed by atoms with van der Waals surface area (Å²) in [7, 11) is 1.68. The van der Waals surface area contributed by atoms with Gasteiger partial charge in [-0.25, -0.2) is 4.98 Å². The first-order valence-corrected chi connectivity index (χ1v) is 8.27. The number of rotatable bonds is 5. The fourth-order valence-electron chi connectivity index (χ4n) is 2.50. The number of aryl methyl sites for hydroxylation is 2. The van der Waals surface area contributed by atoms with Gasteiger partial charge in [-0.15, -0.1) is 22.9 Å². The third-order valence-corrected chi connectivity index (χ3v) is 4.83. The number of methoxy groups -OCH3 is 1. The van der Waals surface area contributed by atoms with Gasteiger partial charge in [0.2, 0.25) is 0 Å². The first-order valence-electron chi connectivity index (χ1n) is 6.85. The number of fused-ring (bicyclic) bond motifs is 1. The van der Waals surface area contributed by atoms with E-state index in [0.29, 0.717) is 5.88 Å². The number of halogens is 1. The Morgan fingerprint density at radius 3 is 2.86 bits per heavy atom. The molecule has 21 heavy (non-hydrogen) atoms. The fraction of sp³-hybridized carbons (Fsp3) is 0.312. The van der Waals surface area contributed by atoms with E-state index in [0.717, 1.165) is 35.6 Å². The number of benzene rings is 1. The first kappa shape index (κ1) is 14.4. The van der Waals surface area contributed by atoms with Crippen LogP contribution in [0.3, 0.4) is 0 Å². The molecule has 110 valence electrons. The van der Waals surface area contributed by atoms with Crippen molar-refractivity contribution in [1.29, 1.82) is 0 Å². The molecule has 0 spiro atoms. The molecule has 0 saturated heterocycles. The highest BCUT2D eigenvalue weighted by molar-refractivity contribution is 7.10. The minimum Gasteiger partial charge on any atom is -0.494 e. The molecule has 1 aromatic carbocycles. The second-order valence-electron chi connectivity index (χ2n) is 4.91. The highest BCUT2D eigenvalue weighted by Gasteiger charge is 2.15. The zero-order chi connectivity index (χ0) is 14.8. The molecule has 0 fully saturated rings. The van der Waals surface area contributed by atoms with Crippen molar-refractivity contribution in [3.63, 3.8) is 0 Å². The fourth-order valence-corrected chi connectivity index (χ4v) is 3.56. The van der Waals surface area contributed by atoms with Gasteiger partial charge in [0.05, 0.1) is 19.2 Å². The number of para-hydroxylation sites is 1. The molecule has 3 rings (SSSR count). The number of alkyl halides is 1. The normalized spacial score (nSPS) is 11.2. The zero-order valence-corrected chi connectivity index (χ0v) is 13.7. The Balaban J connectivity index is 2.14. The van der Waals surface area contributed by atoms with E-state index in [1.54, 1.807) is 18.4 Å². The summed E-state index contributed by atoms with van der Waals surface area (Å²) in [5.41, 5.74) is 3.33. The van der Waals surface area contributed by atoms with Crippen molar-refractivity contribution < 1.29 is 4.74 Å². The summed E-state index contributed by atoms with van der Waals surface area (Å²) in [6, 6.07) is 8.19. The van der Waals surface area contributed by atoms with Gasteiger partial charge in [0.1, 0.15) is 17.1 Å². The van der Waals surface area contributed by atoms with Crippen LogP contribution < -0.4 is 4.74 Å². The highest BCUT2D eigenvalue weighted by Crippen LogP contribution is 2.28. The molecule has 3 nitrogen and oxygen atoms in total. The van der Waals surface area contributed by atoms with Crippen LogP contribution in [-0.2, 0) is 13.0 Å². The summed E-state index contributed by atoms with van der Waals surface area (Å²) in [5, 5.41) is 2.13. The summed E-state index contributed by atoms with van der Waals surface area (Å²) in [6.07, 6.45) is 0.754. The van der Waals surface area contributed by atoms with E-state index in [9.17, 15) is 0 Å². The Bertz CT molecular complexity index is 763. The van der Waals surface area contributed by atoms with Gasteiger partial charge in [0.25, 0.3) is 0 Å². The van der Waals surface area contributed by atoms with Gasteiger partial charge in [-0.1, -0.05) is 6.07 Å². The van der Waals surface area contributed by atoms with Gasteiger partial charge in [0.15, 0.2) is 0 Å². The number of thiophene rings is 1. The van der Waals surface area contributed by atoms with Crippen LogP contribution in [0.25, 0.3) is 11.0 Å². The van der Waals surface area contributed by atoms with Crippen LogP contribution in [-0.4, -0.2) is 22.5 Å².